The first-order valence-electron chi connectivity index (χ1n) is 8.88. The number of amides is 3. The Labute approximate surface area is 162 Å². The third kappa shape index (κ3) is 4.36. The summed E-state index contributed by atoms with van der Waals surface area (Å²) in [5.41, 5.74) is 6.12. The van der Waals surface area contributed by atoms with Crippen LogP contribution < -0.4 is 5.73 Å². The van der Waals surface area contributed by atoms with Gasteiger partial charge >= 0.3 is 6.03 Å². The molecule has 1 saturated heterocycles. The number of halogens is 1. The second-order valence-electron chi connectivity index (χ2n) is 6.37. The monoisotopic (exact) mass is 391 g/mol. The van der Waals surface area contributed by atoms with E-state index in [1.54, 1.807) is 34.1 Å². The lowest BCUT2D eigenvalue weighted by molar-refractivity contribution is -0.135. The van der Waals surface area contributed by atoms with Gasteiger partial charge in [-0.3, -0.25) is 4.79 Å². The van der Waals surface area contributed by atoms with Gasteiger partial charge in [-0.15, -0.1) is 10.2 Å². The Balaban J connectivity index is 1.73. The number of nitrogens with zero attached hydrogens (tertiary/aromatic N) is 6. The summed E-state index contributed by atoms with van der Waals surface area (Å²) >= 11 is 5.90. The molecule has 3 amide bonds. The van der Waals surface area contributed by atoms with E-state index in [9.17, 15) is 9.59 Å². The zero-order valence-corrected chi connectivity index (χ0v) is 15.8. The Morgan fingerprint density at radius 1 is 1.15 bits per heavy atom. The van der Waals surface area contributed by atoms with Gasteiger partial charge in [0.1, 0.15) is 0 Å². The van der Waals surface area contributed by atoms with Gasteiger partial charge in [0, 0.05) is 36.8 Å². The lowest BCUT2D eigenvalue weighted by Gasteiger charge is -2.24. The zero-order valence-electron chi connectivity index (χ0n) is 15.1. The summed E-state index contributed by atoms with van der Waals surface area (Å²) in [6, 6.07) is 6.11. The number of benzene rings is 1. The summed E-state index contributed by atoms with van der Waals surface area (Å²) in [7, 11) is 0. The molecule has 2 N–H and O–H groups in total. The standard InChI is InChI=1S/C17H22ClN7O2/c1-2-14(16(26)23-8-3-9-24(11-10-23)17(19)27)25-21-15(20-22-25)12-4-6-13(18)7-5-12/h4-7,14H,2-3,8-11H2,1H3,(H2,19,27). The third-order valence-electron chi connectivity index (χ3n) is 4.60. The van der Waals surface area contributed by atoms with Gasteiger partial charge in [0.25, 0.3) is 0 Å². The van der Waals surface area contributed by atoms with Crippen LogP contribution in [-0.4, -0.2) is 68.1 Å². The lowest BCUT2D eigenvalue weighted by Crippen LogP contribution is -2.42. The number of nitrogens with two attached hydrogens (primary N) is 1. The quantitative estimate of drug-likeness (QED) is 0.850. The predicted octanol–water partition coefficient (Wildman–Crippen LogP) is 1.56. The van der Waals surface area contributed by atoms with Crippen LogP contribution in [0.5, 0.6) is 0 Å². The minimum atomic E-state index is -0.543. The molecule has 0 aliphatic carbocycles. The number of urea groups is 1. The van der Waals surface area contributed by atoms with Gasteiger partial charge in [-0.2, -0.15) is 4.80 Å². The SMILES string of the molecule is CCC(C(=O)N1CCCN(C(N)=O)CC1)n1nnc(-c2ccc(Cl)cc2)n1. The van der Waals surface area contributed by atoms with Crippen molar-refractivity contribution in [3.63, 3.8) is 0 Å². The smallest absolute Gasteiger partial charge is 0.314 e. The Kier molecular flexibility index (Phi) is 5.90. The van der Waals surface area contributed by atoms with Gasteiger partial charge in [-0.1, -0.05) is 18.5 Å². The van der Waals surface area contributed by atoms with Gasteiger partial charge in [-0.25, -0.2) is 4.79 Å². The van der Waals surface area contributed by atoms with E-state index >= 15 is 0 Å². The van der Waals surface area contributed by atoms with E-state index in [0.717, 1.165) is 5.56 Å². The van der Waals surface area contributed by atoms with Crippen LogP contribution in [0.15, 0.2) is 24.3 Å². The molecule has 9 nitrogen and oxygen atoms in total. The molecule has 1 aliphatic rings. The maximum Gasteiger partial charge on any atom is 0.314 e. The Bertz CT molecular complexity index is 808. The van der Waals surface area contributed by atoms with Gasteiger partial charge in [0.2, 0.25) is 11.7 Å². The molecule has 1 unspecified atom stereocenters. The van der Waals surface area contributed by atoms with Gasteiger partial charge in [0.05, 0.1) is 0 Å². The summed E-state index contributed by atoms with van der Waals surface area (Å²) in [4.78, 5) is 29.0. The fraction of sp³-hybridized carbons (Fsp3) is 0.471. The maximum absolute atomic E-state index is 13.0. The second-order valence-corrected chi connectivity index (χ2v) is 6.80. The average Bonchev–Trinajstić information content (AvgIpc) is 2.99. The summed E-state index contributed by atoms with van der Waals surface area (Å²) in [6.45, 7) is 3.90. The molecule has 10 heteroatoms. The summed E-state index contributed by atoms with van der Waals surface area (Å²) in [6.07, 6.45) is 1.22. The van der Waals surface area contributed by atoms with E-state index in [2.05, 4.69) is 15.4 Å². The van der Waals surface area contributed by atoms with Crippen molar-refractivity contribution in [2.45, 2.75) is 25.8 Å². The third-order valence-corrected chi connectivity index (χ3v) is 4.85. The molecule has 1 fully saturated rings. The number of hydrogen-bond donors (Lipinski definition) is 1. The van der Waals surface area contributed by atoms with Crippen molar-refractivity contribution in [2.75, 3.05) is 26.2 Å². The van der Waals surface area contributed by atoms with Crippen molar-refractivity contribution in [1.29, 1.82) is 0 Å². The predicted molar refractivity (Wildman–Crippen MR) is 99.9 cm³/mol. The second kappa shape index (κ2) is 8.34. The van der Waals surface area contributed by atoms with Crippen LogP contribution in [0.25, 0.3) is 11.4 Å². The van der Waals surface area contributed by atoms with Crippen LogP contribution in [0.2, 0.25) is 5.02 Å². The van der Waals surface area contributed by atoms with Crippen LogP contribution in [0.3, 0.4) is 0 Å². The minimum Gasteiger partial charge on any atom is -0.351 e. The van der Waals surface area contributed by atoms with E-state index in [1.165, 1.54) is 4.80 Å². The summed E-state index contributed by atoms with van der Waals surface area (Å²) in [5.74, 6) is 0.359. The Hall–Kier alpha value is -2.68. The number of rotatable bonds is 4. The van der Waals surface area contributed by atoms with Crippen LogP contribution in [0.4, 0.5) is 4.79 Å². The molecule has 0 bridgehead atoms. The first kappa shape index (κ1) is 19.1. The fourth-order valence-corrected chi connectivity index (χ4v) is 3.20. The maximum atomic E-state index is 13.0. The van der Waals surface area contributed by atoms with Crippen molar-refractivity contribution in [3.05, 3.63) is 29.3 Å². The first-order valence-corrected chi connectivity index (χ1v) is 9.26. The molecule has 1 aromatic heterocycles. The highest BCUT2D eigenvalue weighted by Gasteiger charge is 2.29. The highest BCUT2D eigenvalue weighted by atomic mass is 35.5. The number of carbonyl (C=O) groups excluding carboxylic acids is 2. The molecule has 1 aromatic carbocycles. The topological polar surface area (TPSA) is 110 Å². The molecule has 1 aliphatic heterocycles. The van der Waals surface area contributed by atoms with Crippen LogP contribution in [0, 0.1) is 0 Å². The molecule has 2 heterocycles. The molecule has 27 heavy (non-hydrogen) atoms. The molecule has 0 spiro atoms. The number of carbonyl (C=O) groups is 2. The van der Waals surface area contributed by atoms with Crippen molar-refractivity contribution in [3.8, 4) is 11.4 Å². The van der Waals surface area contributed by atoms with Crippen molar-refractivity contribution >= 4 is 23.5 Å². The molecule has 3 rings (SSSR count). The zero-order chi connectivity index (χ0) is 19.4. The van der Waals surface area contributed by atoms with Crippen LogP contribution >= 0.6 is 11.6 Å². The molecular weight excluding hydrogens is 370 g/mol. The fourth-order valence-electron chi connectivity index (χ4n) is 3.08. The van der Waals surface area contributed by atoms with E-state index < -0.39 is 12.1 Å². The molecule has 144 valence electrons. The Morgan fingerprint density at radius 3 is 2.48 bits per heavy atom. The van der Waals surface area contributed by atoms with Gasteiger partial charge < -0.3 is 15.5 Å². The van der Waals surface area contributed by atoms with Crippen molar-refractivity contribution < 1.29 is 9.59 Å². The van der Waals surface area contributed by atoms with Crippen molar-refractivity contribution in [2.24, 2.45) is 5.73 Å². The first-order chi connectivity index (χ1) is 13.0. The lowest BCUT2D eigenvalue weighted by atomic mass is 10.2. The molecule has 2 aromatic rings. The Morgan fingerprint density at radius 2 is 1.81 bits per heavy atom. The largest absolute Gasteiger partial charge is 0.351 e. The molecule has 0 radical (unpaired) electrons. The average molecular weight is 392 g/mol. The van der Waals surface area contributed by atoms with E-state index in [-0.39, 0.29) is 5.91 Å². The summed E-state index contributed by atoms with van der Waals surface area (Å²) in [5, 5.41) is 13.2. The van der Waals surface area contributed by atoms with E-state index in [1.807, 2.05) is 6.92 Å². The number of aromatic nitrogens is 4. The number of primary amides is 1. The van der Waals surface area contributed by atoms with Crippen LogP contribution in [0.1, 0.15) is 25.8 Å². The normalized spacial score (nSPS) is 16.1. The minimum absolute atomic E-state index is 0.0797. The van der Waals surface area contributed by atoms with Crippen molar-refractivity contribution in [1.82, 2.24) is 30.0 Å². The molecular formula is C17H22ClN7O2. The van der Waals surface area contributed by atoms with E-state index in [0.29, 0.717) is 49.9 Å². The number of hydrogen-bond acceptors (Lipinski definition) is 5. The van der Waals surface area contributed by atoms with Crippen LogP contribution in [-0.2, 0) is 4.79 Å². The van der Waals surface area contributed by atoms with Gasteiger partial charge in [-0.05, 0) is 42.3 Å². The molecule has 1 atom stereocenters. The number of tetrazole rings is 1. The summed E-state index contributed by atoms with van der Waals surface area (Å²) < 4.78 is 0. The van der Waals surface area contributed by atoms with Gasteiger partial charge in [0.15, 0.2) is 6.04 Å². The highest BCUT2D eigenvalue weighted by molar-refractivity contribution is 6.30. The highest BCUT2D eigenvalue weighted by Crippen LogP contribution is 2.20. The molecule has 0 saturated carbocycles. The van der Waals surface area contributed by atoms with E-state index in [4.69, 9.17) is 17.3 Å².